The fourth-order valence-electron chi connectivity index (χ4n) is 4.32. The number of nitrogens with one attached hydrogen (secondary N) is 3. The van der Waals surface area contributed by atoms with Gasteiger partial charge in [0.1, 0.15) is 11.3 Å². The maximum absolute atomic E-state index is 13.5. The first-order chi connectivity index (χ1) is 14.4. The van der Waals surface area contributed by atoms with E-state index in [1.807, 2.05) is 24.3 Å². The molecule has 1 aliphatic carbocycles. The molecule has 3 aromatic rings. The van der Waals surface area contributed by atoms with Gasteiger partial charge >= 0.3 is 0 Å². The summed E-state index contributed by atoms with van der Waals surface area (Å²) in [6.45, 7) is 4.18. The van der Waals surface area contributed by atoms with Gasteiger partial charge < -0.3 is 15.1 Å². The third-order valence-electron chi connectivity index (χ3n) is 5.63. The van der Waals surface area contributed by atoms with E-state index >= 15 is 0 Å². The predicted octanol–water partition coefficient (Wildman–Crippen LogP) is 4.24. The van der Waals surface area contributed by atoms with Crippen molar-refractivity contribution in [2.75, 3.05) is 5.32 Å². The molecular formula is C23H23FN4O2. The number of hydrogen-bond acceptors (Lipinski definition) is 6. The Morgan fingerprint density at radius 2 is 1.90 bits per heavy atom. The Balaban J connectivity index is 1.50. The third kappa shape index (κ3) is 3.45. The lowest BCUT2D eigenvalue weighted by atomic mass is 9.73. The number of rotatable bonds is 3. The SMILES string of the molecule is CC1(C)CC(=O)C2=C(C1)NC(Nc1nc3ccccc3o1)NC2c1ccc(F)cc1. The molecule has 0 fully saturated rings. The van der Waals surface area contributed by atoms with Gasteiger partial charge in [0.05, 0.1) is 6.04 Å². The van der Waals surface area contributed by atoms with Crippen LogP contribution in [0.5, 0.6) is 0 Å². The molecule has 2 atom stereocenters. The monoisotopic (exact) mass is 406 g/mol. The highest BCUT2D eigenvalue weighted by Crippen LogP contribution is 2.41. The van der Waals surface area contributed by atoms with Gasteiger partial charge in [-0.2, -0.15) is 4.98 Å². The van der Waals surface area contributed by atoms with E-state index in [0.29, 0.717) is 18.0 Å². The first kappa shape index (κ1) is 18.8. The number of carbonyl (C=O) groups is 1. The second kappa shape index (κ2) is 6.95. The summed E-state index contributed by atoms with van der Waals surface area (Å²) < 4.78 is 19.3. The molecule has 2 heterocycles. The van der Waals surface area contributed by atoms with Crippen molar-refractivity contribution in [2.24, 2.45) is 5.41 Å². The quantitative estimate of drug-likeness (QED) is 0.604. The predicted molar refractivity (Wildman–Crippen MR) is 112 cm³/mol. The van der Waals surface area contributed by atoms with Gasteiger partial charge in [-0.3, -0.25) is 10.1 Å². The number of allylic oxidation sites excluding steroid dienone is 1. The van der Waals surface area contributed by atoms with Gasteiger partial charge in [0.25, 0.3) is 6.01 Å². The van der Waals surface area contributed by atoms with Crippen LogP contribution in [-0.4, -0.2) is 17.1 Å². The van der Waals surface area contributed by atoms with Crippen molar-refractivity contribution in [1.29, 1.82) is 0 Å². The van der Waals surface area contributed by atoms with Crippen LogP contribution in [-0.2, 0) is 4.79 Å². The smallest absolute Gasteiger partial charge is 0.298 e. The molecule has 0 radical (unpaired) electrons. The Bertz CT molecular complexity index is 1120. The number of anilines is 1. The number of carbonyl (C=O) groups excluding carboxylic acids is 1. The zero-order valence-electron chi connectivity index (χ0n) is 16.8. The number of Topliss-reactive ketones (excluding diaryl/α,β-unsaturated/α-hetero) is 1. The molecule has 6 nitrogen and oxygen atoms in total. The van der Waals surface area contributed by atoms with E-state index in [0.717, 1.165) is 28.8 Å². The Morgan fingerprint density at radius 3 is 2.67 bits per heavy atom. The zero-order chi connectivity index (χ0) is 20.9. The Hall–Kier alpha value is -3.19. The van der Waals surface area contributed by atoms with Gasteiger partial charge in [0.15, 0.2) is 17.7 Å². The number of benzene rings is 2. The average Bonchev–Trinajstić information content (AvgIpc) is 3.09. The van der Waals surface area contributed by atoms with E-state index in [-0.39, 0.29) is 23.1 Å². The second-order valence-electron chi connectivity index (χ2n) is 8.69. The third-order valence-corrected chi connectivity index (χ3v) is 5.63. The topological polar surface area (TPSA) is 79.2 Å². The molecule has 0 bridgehead atoms. The normalized spacial score (nSPS) is 23.2. The first-order valence-corrected chi connectivity index (χ1v) is 10.0. The van der Waals surface area contributed by atoms with E-state index in [4.69, 9.17) is 4.42 Å². The van der Waals surface area contributed by atoms with E-state index in [1.54, 1.807) is 12.1 Å². The fourth-order valence-corrected chi connectivity index (χ4v) is 4.32. The average molecular weight is 406 g/mol. The minimum atomic E-state index is -0.409. The van der Waals surface area contributed by atoms with Crippen molar-refractivity contribution in [3.05, 3.63) is 71.2 Å². The van der Waals surface area contributed by atoms with E-state index in [2.05, 4.69) is 34.8 Å². The molecule has 2 aliphatic rings. The zero-order valence-corrected chi connectivity index (χ0v) is 16.8. The molecule has 0 saturated carbocycles. The van der Waals surface area contributed by atoms with Crippen LogP contribution < -0.4 is 16.0 Å². The van der Waals surface area contributed by atoms with Gasteiger partial charge in [-0.15, -0.1) is 0 Å². The molecule has 2 aromatic carbocycles. The molecular weight excluding hydrogens is 383 g/mol. The Kier molecular flexibility index (Phi) is 4.36. The summed E-state index contributed by atoms with van der Waals surface area (Å²) >= 11 is 0. The van der Waals surface area contributed by atoms with Crippen LogP contribution in [0.1, 0.15) is 38.3 Å². The van der Waals surface area contributed by atoms with Gasteiger partial charge in [-0.25, -0.2) is 4.39 Å². The highest BCUT2D eigenvalue weighted by atomic mass is 19.1. The summed E-state index contributed by atoms with van der Waals surface area (Å²) in [5.41, 5.74) is 3.78. The van der Waals surface area contributed by atoms with Crippen molar-refractivity contribution >= 4 is 22.9 Å². The molecule has 0 saturated heterocycles. The van der Waals surface area contributed by atoms with Crippen LogP contribution in [0.3, 0.4) is 0 Å². The number of halogens is 1. The molecule has 3 N–H and O–H groups in total. The van der Waals surface area contributed by atoms with Gasteiger partial charge in [0.2, 0.25) is 0 Å². The summed E-state index contributed by atoms with van der Waals surface area (Å²) in [4.78, 5) is 17.5. The van der Waals surface area contributed by atoms with Crippen LogP contribution in [0.2, 0.25) is 0 Å². The number of fused-ring (bicyclic) bond motifs is 1. The lowest BCUT2D eigenvalue weighted by Gasteiger charge is -2.42. The number of para-hydroxylation sites is 2. The Morgan fingerprint density at radius 1 is 1.13 bits per heavy atom. The largest absolute Gasteiger partial charge is 0.423 e. The fraction of sp³-hybridized carbons (Fsp3) is 0.304. The van der Waals surface area contributed by atoms with Crippen molar-refractivity contribution in [1.82, 2.24) is 15.6 Å². The van der Waals surface area contributed by atoms with Crippen molar-refractivity contribution in [3.63, 3.8) is 0 Å². The number of hydrogen-bond donors (Lipinski definition) is 3. The van der Waals surface area contributed by atoms with Crippen LogP contribution in [0.15, 0.2) is 64.2 Å². The lowest BCUT2D eigenvalue weighted by molar-refractivity contribution is -0.118. The highest BCUT2D eigenvalue weighted by molar-refractivity contribution is 5.99. The van der Waals surface area contributed by atoms with Crippen LogP contribution in [0.4, 0.5) is 10.4 Å². The molecule has 7 heteroatoms. The minimum absolute atomic E-state index is 0.107. The summed E-state index contributed by atoms with van der Waals surface area (Å²) in [7, 11) is 0. The minimum Gasteiger partial charge on any atom is -0.423 e. The second-order valence-corrected chi connectivity index (χ2v) is 8.69. The first-order valence-electron chi connectivity index (χ1n) is 10.0. The van der Waals surface area contributed by atoms with E-state index in [9.17, 15) is 9.18 Å². The summed E-state index contributed by atoms with van der Waals surface area (Å²) in [6, 6.07) is 13.8. The maximum atomic E-state index is 13.5. The molecule has 0 spiro atoms. The summed E-state index contributed by atoms with van der Waals surface area (Å²) in [6.07, 6.45) is 0.823. The summed E-state index contributed by atoms with van der Waals surface area (Å²) in [5.74, 6) is -0.199. The number of nitrogens with zero attached hydrogens (tertiary/aromatic N) is 1. The van der Waals surface area contributed by atoms with Gasteiger partial charge in [-0.1, -0.05) is 38.1 Å². The highest BCUT2D eigenvalue weighted by Gasteiger charge is 2.40. The van der Waals surface area contributed by atoms with Crippen LogP contribution in [0, 0.1) is 11.2 Å². The van der Waals surface area contributed by atoms with Crippen molar-refractivity contribution in [3.8, 4) is 0 Å². The molecule has 2 unspecified atom stereocenters. The van der Waals surface area contributed by atoms with E-state index < -0.39 is 6.29 Å². The molecule has 0 amide bonds. The Labute approximate surface area is 173 Å². The lowest BCUT2D eigenvalue weighted by Crippen LogP contribution is -2.56. The van der Waals surface area contributed by atoms with Crippen LogP contribution >= 0.6 is 0 Å². The standard InChI is InChI=1S/C23H23FN4O2/c1-23(2)11-16-19(17(29)12-23)20(13-7-9-14(24)10-8-13)27-21(25-16)28-22-26-15-5-3-4-6-18(15)30-22/h3-10,20-21,25,27H,11-12H2,1-2H3,(H,26,28). The van der Waals surface area contributed by atoms with Gasteiger partial charge in [-0.05, 0) is 41.7 Å². The molecule has 1 aliphatic heterocycles. The molecule has 5 rings (SSSR count). The van der Waals surface area contributed by atoms with Crippen LogP contribution in [0.25, 0.3) is 11.1 Å². The van der Waals surface area contributed by atoms with Gasteiger partial charge in [0, 0.05) is 17.7 Å². The number of ketones is 1. The molecule has 1 aromatic heterocycles. The molecule has 30 heavy (non-hydrogen) atoms. The van der Waals surface area contributed by atoms with Crippen molar-refractivity contribution in [2.45, 2.75) is 39.0 Å². The molecule has 154 valence electrons. The van der Waals surface area contributed by atoms with Crippen molar-refractivity contribution < 1.29 is 13.6 Å². The number of aromatic nitrogens is 1. The maximum Gasteiger partial charge on any atom is 0.298 e. The van der Waals surface area contributed by atoms with E-state index in [1.165, 1.54) is 12.1 Å². The number of oxazole rings is 1. The summed E-state index contributed by atoms with van der Waals surface area (Å²) in [5, 5.41) is 10.1.